The van der Waals surface area contributed by atoms with Gasteiger partial charge in [0.2, 0.25) is 5.75 Å². The molecule has 2 N–H and O–H groups in total. The van der Waals surface area contributed by atoms with E-state index in [0.717, 1.165) is 17.0 Å². The zero-order chi connectivity index (χ0) is 23.8. The minimum Gasteiger partial charge on any atom is -0.493 e. The van der Waals surface area contributed by atoms with E-state index >= 15 is 0 Å². The highest BCUT2D eigenvalue weighted by Crippen LogP contribution is 2.36. The Bertz CT molecular complexity index is 1020. The van der Waals surface area contributed by atoms with Gasteiger partial charge in [-0.2, -0.15) is 0 Å². The third kappa shape index (κ3) is 6.17. The molecule has 176 valence electrons. The summed E-state index contributed by atoms with van der Waals surface area (Å²) in [5.74, 6) is 2.38. The Labute approximate surface area is 192 Å². The maximum atomic E-state index is 12.4. The topological polar surface area (TPSA) is 112 Å². The molecular weight excluding hydrogens is 428 g/mol. The minimum absolute atomic E-state index is 0.0145. The number of nitrogens with zero attached hydrogens (tertiary/aromatic N) is 1. The van der Waals surface area contributed by atoms with Crippen molar-refractivity contribution in [2.75, 3.05) is 27.4 Å². The number of aliphatic hydroxyl groups excluding tert-OH is 1. The van der Waals surface area contributed by atoms with E-state index in [9.17, 15) is 9.90 Å². The fourth-order valence-electron chi connectivity index (χ4n) is 3.08. The van der Waals surface area contributed by atoms with Crippen LogP contribution in [0, 0.1) is 13.8 Å². The summed E-state index contributed by atoms with van der Waals surface area (Å²) < 4.78 is 27.1. The number of carbonyl (C=O) groups excluding carboxylic acids is 1. The number of ether oxygens (including phenoxy) is 4. The Hall–Kier alpha value is -3.72. The lowest BCUT2D eigenvalue weighted by Gasteiger charge is -2.17. The lowest BCUT2D eigenvalue weighted by Crippen LogP contribution is -2.35. The Balaban J connectivity index is 1.47. The van der Waals surface area contributed by atoms with Gasteiger partial charge in [-0.1, -0.05) is 11.2 Å². The summed E-state index contributed by atoms with van der Waals surface area (Å²) in [7, 11) is 3.04. The maximum absolute atomic E-state index is 12.4. The molecule has 0 bridgehead atoms. The average molecular weight is 456 g/mol. The van der Waals surface area contributed by atoms with Crippen LogP contribution < -0.4 is 24.3 Å². The van der Waals surface area contributed by atoms with Crippen molar-refractivity contribution in [3.8, 4) is 23.0 Å². The third-order valence-corrected chi connectivity index (χ3v) is 4.98. The first kappa shape index (κ1) is 23.9. The van der Waals surface area contributed by atoms with Crippen molar-refractivity contribution >= 4 is 5.91 Å². The van der Waals surface area contributed by atoms with Crippen LogP contribution in [0.15, 0.2) is 47.0 Å². The van der Waals surface area contributed by atoms with Crippen LogP contribution in [0.25, 0.3) is 0 Å². The molecule has 1 unspecified atom stereocenters. The van der Waals surface area contributed by atoms with Crippen LogP contribution >= 0.6 is 0 Å². The van der Waals surface area contributed by atoms with Crippen molar-refractivity contribution in [2.45, 2.75) is 26.6 Å². The Morgan fingerprint density at radius 1 is 1.06 bits per heavy atom. The molecule has 0 aliphatic heterocycles. The fraction of sp³-hybridized carbons (Fsp3) is 0.333. The normalized spacial score (nSPS) is 11.5. The van der Waals surface area contributed by atoms with Crippen LogP contribution in [0.2, 0.25) is 0 Å². The molecule has 1 heterocycles. The number of benzene rings is 2. The first-order valence-corrected chi connectivity index (χ1v) is 10.4. The van der Waals surface area contributed by atoms with Crippen LogP contribution in [0.5, 0.6) is 23.0 Å². The number of aryl methyl sites for hydroxylation is 2. The number of methoxy groups -OCH3 is 2. The summed E-state index contributed by atoms with van der Waals surface area (Å²) in [4.78, 5) is 12.4. The summed E-state index contributed by atoms with van der Waals surface area (Å²) in [6, 6.07) is 12.0. The third-order valence-electron chi connectivity index (χ3n) is 4.98. The van der Waals surface area contributed by atoms with Crippen LogP contribution in [0.3, 0.4) is 0 Å². The van der Waals surface area contributed by atoms with Crippen molar-refractivity contribution in [3.63, 3.8) is 0 Å². The van der Waals surface area contributed by atoms with Crippen molar-refractivity contribution in [3.05, 3.63) is 65.0 Å². The number of amides is 1. The van der Waals surface area contributed by atoms with Gasteiger partial charge in [0.25, 0.3) is 5.91 Å². The number of carbonyl (C=O) groups is 1. The molecule has 1 amide bonds. The highest BCUT2D eigenvalue weighted by Gasteiger charge is 2.15. The number of nitrogens with one attached hydrogen (secondary N) is 1. The van der Waals surface area contributed by atoms with Gasteiger partial charge in [0.05, 0.1) is 25.5 Å². The van der Waals surface area contributed by atoms with Crippen LogP contribution in [-0.4, -0.2) is 49.6 Å². The number of aliphatic hydroxyl groups is 1. The standard InChI is InChI=1S/C24H28N2O7/c1-15-20(16(2)33-26-15)14-31-19-10-8-17(9-11-19)24(28)25-12-18(27)13-32-23-21(29-3)6-5-7-22(23)30-4/h5-11,18,27H,12-14H2,1-4H3,(H,25,28). The highest BCUT2D eigenvalue weighted by atomic mass is 16.5. The lowest BCUT2D eigenvalue weighted by molar-refractivity contribution is 0.0833. The van der Waals surface area contributed by atoms with Crippen molar-refractivity contribution < 1.29 is 33.4 Å². The Morgan fingerprint density at radius 3 is 2.30 bits per heavy atom. The van der Waals surface area contributed by atoms with E-state index in [-0.39, 0.29) is 19.1 Å². The second-order valence-corrected chi connectivity index (χ2v) is 7.28. The van der Waals surface area contributed by atoms with E-state index in [1.165, 1.54) is 14.2 Å². The van der Waals surface area contributed by atoms with Crippen LogP contribution in [-0.2, 0) is 6.61 Å². The molecule has 9 heteroatoms. The Kier molecular flexibility index (Phi) is 8.15. The van der Waals surface area contributed by atoms with Crippen molar-refractivity contribution in [2.24, 2.45) is 0 Å². The first-order chi connectivity index (χ1) is 15.9. The van der Waals surface area contributed by atoms with Gasteiger partial charge in [0.15, 0.2) is 11.5 Å². The average Bonchev–Trinajstić information content (AvgIpc) is 3.16. The molecule has 2 aromatic carbocycles. The van der Waals surface area contributed by atoms with Gasteiger partial charge < -0.3 is 33.9 Å². The number of hydrogen-bond donors (Lipinski definition) is 2. The molecule has 9 nitrogen and oxygen atoms in total. The number of aromatic nitrogens is 1. The summed E-state index contributed by atoms with van der Waals surface area (Å²) in [5, 5.41) is 16.8. The highest BCUT2D eigenvalue weighted by molar-refractivity contribution is 5.94. The SMILES string of the molecule is COc1cccc(OC)c1OCC(O)CNC(=O)c1ccc(OCc2c(C)noc2C)cc1. The molecule has 0 fully saturated rings. The molecule has 0 saturated carbocycles. The molecule has 3 rings (SSSR count). The number of rotatable bonds is 11. The van der Waals surface area contributed by atoms with Crippen LogP contribution in [0.1, 0.15) is 27.4 Å². The van der Waals surface area contributed by atoms with E-state index in [2.05, 4.69) is 10.5 Å². The van der Waals surface area contributed by atoms with Gasteiger partial charge in [0, 0.05) is 12.1 Å². The van der Waals surface area contributed by atoms with E-state index in [0.29, 0.717) is 35.2 Å². The number of para-hydroxylation sites is 1. The van der Waals surface area contributed by atoms with Crippen molar-refractivity contribution in [1.82, 2.24) is 10.5 Å². The molecule has 1 atom stereocenters. The molecule has 0 aliphatic carbocycles. The smallest absolute Gasteiger partial charge is 0.251 e. The maximum Gasteiger partial charge on any atom is 0.251 e. The summed E-state index contributed by atoms with van der Waals surface area (Å²) in [6.07, 6.45) is -0.929. The van der Waals surface area contributed by atoms with Gasteiger partial charge >= 0.3 is 0 Å². The first-order valence-electron chi connectivity index (χ1n) is 10.4. The van der Waals surface area contributed by atoms with E-state index in [1.54, 1.807) is 42.5 Å². The van der Waals surface area contributed by atoms with Gasteiger partial charge in [0.1, 0.15) is 30.8 Å². The largest absolute Gasteiger partial charge is 0.493 e. The molecule has 0 aliphatic rings. The van der Waals surface area contributed by atoms with Crippen LogP contribution in [0.4, 0.5) is 0 Å². The molecule has 0 saturated heterocycles. The molecule has 0 radical (unpaired) electrons. The number of hydrogen-bond acceptors (Lipinski definition) is 8. The second kappa shape index (κ2) is 11.2. The minimum atomic E-state index is -0.929. The predicted molar refractivity (Wildman–Crippen MR) is 120 cm³/mol. The summed E-state index contributed by atoms with van der Waals surface area (Å²) >= 11 is 0. The van der Waals surface area contributed by atoms with Crippen molar-refractivity contribution in [1.29, 1.82) is 0 Å². The summed E-state index contributed by atoms with van der Waals surface area (Å²) in [5.41, 5.74) is 2.13. The predicted octanol–water partition coefficient (Wildman–Crippen LogP) is 3.06. The van der Waals surface area contributed by atoms with E-state index in [1.807, 2.05) is 13.8 Å². The van der Waals surface area contributed by atoms with Gasteiger partial charge in [-0.05, 0) is 50.2 Å². The second-order valence-electron chi connectivity index (χ2n) is 7.28. The Morgan fingerprint density at radius 2 is 1.73 bits per heavy atom. The zero-order valence-electron chi connectivity index (χ0n) is 19.1. The molecule has 1 aromatic heterocycles. The monoisotopic (exact) mass is 456 g/mol. The van der Waals surface area contributed by atoms with Gasteiger partial charge in [-0.15, -0.1) is 0 Å². The molecule has 0 spiro atoms. The zero-order valence-corrected chi connectivity index (χ0v) is 19.1. The molecule has 33 heavy (non-hydrogen) atoms. The van der Waals surface area contributed by atoms with Gasteiger partial charge in [-0.25, -0.2) is 0 Å². The fourth-order valence-corrected chi connectivity index (χ4v) is 3.08. The van der Waals surface area contributed by atoms with E-state index in [4.69, 9.17) is 23.5 Å². The summed E-state index contributed by atoms with van der Waals surface area (Å²) in [6.45, 7) is 3.98. The lowest BCUT2D eigenvalue weighted by atomic mass is 10.2. The molecular formula is C24H28N2O7. The molecule has 3 aromatic rings. The van der Waals surface area contributed by atoms with Gasteiger partial charge in [-0.3, -0.25) is 4.79 Å². The quantitative estimate of drug-likeness (QED) is 0.453. The van der Waals surface area contributed by atoms with E-state index < -0.39 is 6.10 Å².